The Morgan fingerprint density at radius 1 is 1.27 bits per heavy atom. The molecule has 0 saturated carbocycles. The van der Waals surface area contributed by atoms with Crippen LogP contribution in [0, 0.1) is 6.92 Å². The minimum absolute atomic E-state index is 0.161. The summed E-state index contributed by atoms with van der Waals surface area (Å²) in [6.45, 7) is 2.35. The van der Waals surface area contributed by atoms with Gasteiger partial charge in [0.15, 0.2) is 5.84 Å². The molecule has 1 N–H and O–H groups in total. The number of halogens is 1. The van der Waals surface area contributed by atoms with Crippen LogP contribution < -0.4 is 0 Å². The standard InChI is InChI=1S/C17H15ClN2O2/c1-11-4-2-3-5-14(11)17(21)20-9-8-12-10-13(18)6-7-15(12)16(20)19-22/h2-7,10,22H,8-9H2,1H3/b19-16-. The van der Waals surface area contributed by atoms with Crippen molar-refractivity contribution < 1.29 is 10.0 Å². The molecule has 0 fully saturated rings. The smallest absolute Gasteiger partial charge is 0.259 e. The number of hydrogen-bond acceptors (Lipinski definition) is 3. The van der Waals surface area contributed by atoms with Crippen LogP contribution in [0.15, 0.2) is 47.6 Å². The second-order valence-corrected chi connectivity index (χ2v) is 5.68. The maximum absolute atomic E-state index is 12.8. The van der Waals surface area contributed by atoms with Gasteiger partial charge in [-0.15, -0.1) is 0 Å². The molecule has 22 heavy (non-hydrogen) atoms. The number of oxime groups is 1. The fourth-order valence-corrected chi connectivity index (χ4v) is 2.93. The van der Waals surface area contributed by atoms with Crippen molar-refractivity contribution in [3.8, 4) is 0 Å². The lowest BCUT2D eigenvalue weighted by atomic mass is 9.97. The highest BCUT2D eigenvalue weighted by Crippen LogP contribution is 2.25. The Labute approximate surface area is 133 Å². The summed E-state index contributed by atoms with van der Waals surface area (Å²) in [7, 11) is 0. The molecule has 1 aliphatic rings. The number of carbonyl (C=O) groups excluding carboxylic acids is 1. The first-order chi connectivity index (χ1) is 10.6. The Kier molecular flexibility index (Phi) is 3.86. The molecule has 0 spiro atoms. The summed E-state index contributed by atoms with van der Waals surface area (Å²) in [5.74, 6) is 0.109. The number of nitrogens with zero attached hydrogens (tertiary/aromatic N) is 2. The Bertz CT molecular complexity index is 771. The molecule has 2 aromatic rings. The topological polar surface area (TPSA) is 52.9 Å². The molecule has 5 heteroatoms. The average molecular weight is 315 g/mol. The van der Waals surface area contributed by atoms with Gasteiger partial charge in [0.05, 0.1) is 0 Å². The third kappa shape index (κ3) is 2.46. The van der Waals surface area contributed by atoms with Gasteiger partial charge in [0.2, 0.25) is 0 Å². The molecule has 1 amide bonds. The molecule has 1 aliphatic heterocycles. The van der Waals surface area contributed by atoms with Crippen LogP contribution in [0.2, 0.25) is 5.02 Å². The van der Waals surface area contributed by atoms with Crippen LogP contribution in [0.4, 0.5) is 0 Å². The van der Waals surface area contributed by atoms with E-state index < -0.39 is 0 Å². The number of amides is 1. The van der Waals surface area contributed by atoms with E-state index in [1.807, 2.05) is 31.2 Å². The van der Waals surface area contributed by atoms with Crippen LogP contribution in [0.25, 0.3) is 0 Å². The van der Waals surface area contributed by atoms with Gasteiger partial charge in [-0.2, -0.15) is 0 Å². The van der Waals surface area contributed by atoms with Crippen molar-refractivity contribution >= 4 is 23.3 Å². The van der Waals surface area contributed by atoms with E-state index in [9.17, 15) is 10.0 Å². The van der Waals surface area contributed by atoms with Crippen molar-refractivity contribution in [1.29, 1.82) is 0 Å². The summed E-state index contributed by atoms with van der Waals surface area (Å²) in [5, 5.41) is 13.4. The van der Waals surface area contributed by atoms with Crippen molar-refractivity contribution in [2.45, 2.75) is 13.3 Å². The van der Waals surface area contributed by atoms with Crippen LogP contribution in [0.5, 0.6) is 0 Å². The number of carbonyl (C=O) groups is 1. The Balaban J connectivity index is 2.01. The molecule has 4 nitrogen and oxygen atoms in total. The van der Waals surface area contributed by atoms with E-state index in [0.29, 0.717) is 23.6 Å². The van der Waals surface area contributed by atoms with Crippen LogP contribution in [-0.4, -0.2) is 28.4 Å². The predicted octanol–water partition coefficient (Wildman–Crippen LogP) is 3.48. The van der Waals surface area contributed by atoms with E-state index in [0.717, 1.165) is 16.7 Å². The first-order valence-electron chi connectivity index (χ1n) is 7.00. The quantitative estimate of drug-likeness (QED) is 0.647. The summed E-state index contributed by atoms with van der Waals surface area (Å²) in [4.78, 5) is 14.3. The lowest BCUT2D eigenvalue weighted by molar-refractivity contribution is 0.0840. The highest BCUT2D eigenvalue weighted by molar-refractivity contribution is 6.30. The summed E-state index contributed by atoms with van der Waals surface area (Å²) in [6.07, 6.45) is 0.673. The molecule has 0 atom stereocenters. The van der Waals surface area contributed by atoms with Crippen molar-refractivity contribution in [3.63, 3.8) is 0 Å². The minimum atomic E-state index is -0.161. The number of aryl methyl sites for hydroxylation is 1. The fourth-order valence-electron chi connectivity index (χ4n) is 2.73. The molecule has 2 aromatic carbocycles. The third-order valence-electron chi connectivity index (χ3n) is 3.88. The van der Waals surface area contributed by atoms with Gasteiger partial charge in [-0.05, 0) is 48.7 Å². The summed E-state index contributed by atoms with van der Waals surface area (Å²) < 4.78 is 0. The van der Waals surface area contributed by atoms with Crippen LogP contribution >= 0.6 is 11.6 Å². The summed E-state index contributed by atoms with van der Waals surface area (Å²) in [5.41, 5.74) is 3.22. The Morgan fingerprint density at radius 2 is 2.05 bits per heavy atom. The normalized spacial score (nSPS) is 15.7. The van der Waals surface area contributed by atoms with E-state index in [2.05, 4.69) is 5.16 Å². The molecular weight excluding hydrogens is 300 g/mol. The summed E-state index contributed by atoms with van der Waals surface area (Å²) in [6, 6.07) is 12.7. The first-order valence-corrected chi connectivity index (χ1v) is 7.38. The van der Waals surface area contributed by atoms with Crippen LogP contribution in [0.1, 0.15) is 27.0 Å². The van der Waals surface area contributed by atoms with Gasteiger partial charge in [0, 0.05) is 22.7 Å². The zero-order valence-electron chi connectivity index (χ0n) is 12.1. The minimum Gasteiger partial charge on any atom is -0.409 e. The van der Waals surface area contributed by atoms with E-state index in [1.54, 1.807) is 18.2 Å². The molecule has 3 rings (SSSR count). The highest BCUT2D eigenvalue weighted by atomic mass is 35.5. The van der Waals surface area contributed by atoms with Crippen LogP contribution in [-0.2, 0) is 6.42 Å². The van der Waals surface area contributed by atoms with Gasteiger partial charge in [0.1, 0.15) is 0 Å². The molecule has 112 valence electrons. The van der Waals surface area contributed by atoms with Gasteiger partial charge in [0.25, 0.3) is 5.91 Å². The number of fused-ring (bicyclic) bond motifs is 1. The van der Waals surface area contributed by atoms with E-state index in [4.69, 9.17) is 11.6 Å². The fraction of sp³-hybridized carbons (Fsp3) is 0.176. The number of rotatable bonds is 1. The SMILES string of the molecule is Cc1ccccc1C(=O)N1CCc2cc(Cl)ccc2/C1=N/O. The van der Waals surface area contributed by atoms with Crippen molar-refractivity contribution in [1.82, 2.24) is 4.90 Å². The van der Waals surface area contributed by atoms with Crippen molar-refractivity contribution in [3.05, 3.63) is 69.7 Å². The zero-order chi connectivity index (χ0) is 15.7. The molecule has 0 aliphatic carbocycles. The van der Waals surface area contributed by atoms with Gasteiger partial charge < -0.3 is 5.21 Å². The lowest BCUT2D eigenvalue weighted by Crippen LogP contribution is -2.42. The van der Waals surface area contributed by atoms with Crippen LogP contribution in [0.3, 0.4) is 0 Å². The predicted molar refractivity (Wildman–Crippen MR) is 85.7 cm³/mol. The second kappa shape index (κ2) is 5.81. The molecular formula is C17H15ClN2O2. The second-order valence-electron chi connectivity index (χ2n) is 5.25. The Morgan fingerprint density at radius 3 is 2.77 bits per heavy atom. The number of hydrogen-bond donors (Lipinski definition) is 1. The van der Waals surface area contributed by atoms with Gasteiger partial charge in [-0.1, -0.05) is 35.0 Å². The molecule has 0 saturated heterocycles. The molecule has 0 radical (unpaired) electrons. The van der Waals surface area contributed by atoms with E-state index in [1.165, 1.54) is 4.90 Å². The lowest BCUT2D eigenvalue weighted by Gasteiger charge is -2.29. The number of benzene rings is 2. The van der Waals surface area contributed by atoms with Crippen molar-refractivity contribution in [2.75, 3.05) is 6.54 Å². The number of amidine groups is 1. The molecule has 0 bridgehead atoms. The highest BCUT2D eigenvalue weighted by Gasteiger charge is 2.29. The largest absolute Gasteiger partial charge is 0.409 e. The maximum atomic E-state index is 12.8. The van der Waals surface area contributed by atoms with Gasteiger partial charge in [-0.3, -0.25) is 9.69 Å². The Hall–Kier alpha value is -2.33. The van der Waals surface area contributed by atoms with Gasteiger partial charge >= 0.3 is 0 Å². The molecule has 0 aromatic heterocycles. The summed E-state index contributed by atoms with van der Waals surface area (Å²) >= 11 is 6.00. The molecule has 0 unspecified atom stereocenters. The maximum Gasteiger partial charge on any atom is 0.259 e. The van der Waals surface area contributed by atoms with E-state index >= 15 is 0 Å². The first kappa shape index (κ1) is 14.6. The monoisotopic (exact) mass is 314 g/mol. The molecule has 1 heterocycles. The van der Waals surface area contributed by atoms with Gasteiger partial charge in [-0.25, -0.2) is 0 Å². The third-order valence-corrected chi connectivity index (χ3v) is 4.12. The van der Waals surface area contributed by atoms with E-state index in [-0.39, 0.29) is 11.7 Å². The average Bonchev–Trinajstić information content (AvgIpc) is 2.53. The zero-order valence-corrected chi connectivity index (χ0v) is 12.8. The van der Waals surface area contributed by atoms with Crippen molar-refractivity contribution in [2.24, 2.45) is 5.16 Å².